The van der Waals surface area contributed by atoms with Gasteiger partial charge in [-0.2, -0.15) is 0 Å². The summed E-state index contributed by atoms with van der Waals surface area (Å²) in [6.45, 7) is 1.13. The molecule has 0 saturated carbocycles. The number of primary amides is 1. The number of carbonyl (C=O) groups is 1. The van der Waals surface area contributed by atoms with Gasteiger partial charge in [0, 0.05) is 10.6 Å². The average Bonchev–Trinajstić information content (AvgIpc) is 2.35. The topological polar surface area (TPSA) is 87.6 Å². The maximum Gasteiger partial charge on any atom is 0.235 e. The highest BCUT2D eigenvalue weighted by molar-refractivity contribution is 7.99. The zero-order valence-electron chi connectivity index (χ0n) is 9.22. The van der Waals surface area contributed by atoms with Gasteiger partial charge in [-0.1, -0.05) is 0 Å². The molecular weight excluding hydrogens is 240 g/mol. The number of ether oxygens (including phenoxy) is 2. The Morgan fingerprint density at radius 3 is 2.76 bits per heavy atom. The predicted octanol–water partition coefficient (Wildman–Crippen LogP) is 0.362. The van der Waals surface area contributed by atoms with Crippen LogP contribution in [-0.2, 0) is 4.79 Å². The minimum absolute atomic E-state index is 0.453. The molecule has 5 nitrogen and oxygen atoms in total. The highest BCUT2D eigenvalue weighted by atomic mass is 32.2. The fraction of sp³-hybridized carbons (Fsp3) is 0.364. The summed E-state index contributed by atoms with van der Waals surface area (Å²) in [5, 5.41) is 0. The van der Waals surface area contributed by atoms with Crippen molar-refractivity contribution in [3.05, 3.63) is 18.2 Å². The number of amides is 1. The molecule has 1 aliphatic heterocycles. The summed E-state index contributed by atoms with van der Waals surface area (Å²) in [7, 11) is 0. The Balaban J connectivity index is 2.00. The van der Waals surface area contributed by atoms with Gasteiger partial charge in [-0.25, -0.2) is 0 Å². The molecule has 4 N–H and O–H groups in total. The highest BCUT2D eigenvalue weighted by Gasteiger charge is 2.13. The van der Waals surface area contributed by atoms with E-state index in [9.17, 15) is 4.79 Å². The van der Waals surface area contributed by atoms with Crippen LogP contribution in [0.1, 0.15) is 0 Å². The Morgan fingerprint density at radius 1 is 1.35 bits per heavy atom. The SMILES string of the molecule is NC(=O)C(N)CSc1ccc2c(c1)OCCO2. The first-order chi connectivity index (χ1) is 8.16. The summed E-state index contributed by atoms with van der Waals surface area (Å²) in [5.41, 5.74) is 10.6. The van der Waals surface area contributed by atoms with Gasteiger partial charge in [-0.05, 0) is 18.2 Å². The van der Waals surface area contributed by atoms with Crippen molar-refractivity contribution in [3.8, 4) is 11.5 Å². The van der Waals surface area contributed by atoms with E-state index in [1.165, 1.54) is 11.8 Å². The van der Waals surface area contributed by atoms with Crippen molar-refractivity contribution in [3.63, 3.8) is 0 Å². The number of thioether (sulfide) groups is 1. The molecular formula is C11H14N2O3S. The lowest BCUT2D eigenvalue weighted by Crippen LogP contribution is -2.38. The van der Waals surface area contributed by atoms with Crippen LogP contribution in [-0.4, -0.2) is 30.9 Å². The molecule has 0 bridgehead atoms. The molecule has 1 atom stereocenters. The standard InChI is InChI=1S/C11H14N2O3S/c12-8(11(13)14)6-17-7-1-2-9-10(5-7)16-4-3-15-9/h1-2,5,8H,3-4,6,12H2,(H2,13,14). The van der Waals surface area contributed by atoms with E-state index in [0.29, 0.717) is 19.0 Å². The molecule has 0 spiro atoms. The van der Waals surface area contributed by atoms with Gasteiger partial charge in [0.05, 0.1) is 6.04 Å². The summed E-state index contributed by atoms with van der Waals surface area (Å²) in [5.74, 6) is 1.44. The third-order valence-corrected chi connectivity index (χ3v) is 3.42. The number of carbonyl (C=O) groups excluding carboxylic acids is 1. The van der Waals surface area contributed by atoms with Crippen molar-refractivity contribution < 1.29 is 14.3 Å². The normalized spacial score (nSPS) is 15.4. The van der Waals surface area contributed by atoms with Crippen LogP contribution in [0.5, 0.6) is 11.5 Å². The number of hydrogen-bond acceptors (Lipinski definition) is 5. The van der Waals surface area contributed by atoms with Crippen molar-refractivity contribution in [2.75, 3.05) is 19.0 Å². The lowest BCUT2D eigenvalue weighted by molar-refractivity contribution is -0.118. The fourth-order valence-corrected chi connectivity index (χ4v) is 2.27. The van der Waals surface area contributed by atoms with Crippen LogP contribution in [0, 0.1) is 0 Å². The van der Waals surface area contributed by atoms with Gasteiger partial charge in [-0.15, -0.1) is 11.8 Å². The van der Waals surface area contributed by atoms with Crippen molar-refractivity contribution in [2.45, 2.75) is 10.9 Å². The molecule has 17 heavy (non-hydrogen) atoms. The van der Waals surface area contributed by atoms with Gasteiger partial charge in [-0.3, -0.25) is 4.79 Å². The van der Waals surface area contributed by atoms with Crippen LogP contribution in [0.3, 0.4) is 0 Å². The minimum Gasteiger partial charge on any atom is -0.486 e. The van der Waals surface area contributed by atoms with E-state index in [4.69, 9.17) is 20.9 Å². The van der Waals surface area contributed by atoms with Crippen LogP contribution >= 0.6 is 11.8 Å². The molecule has 1 amide bonds. The van der Waals surface area contributed by atoms with Crippen molar-refractivity contribution in [2.24, 2.45) is 11.5 Å². The van der Waals surface area contributed by atoms with Crippen LogP contribution in [0.25, 0.3) is 0 Å². The molecule has 0 aromatic heterocycles. The quantitative estimate of drug-likeness (QED) is 0.758. The van der Waals surface area contributed by atoms with E-state index in [0.717, 1.165) is 16.4 Å². The van der Waals surface area contributed by atoms with Gasteiger partial charge >= 0.3 is 0 Å². The molecule has 1 aromatic carbocycles. The lowest BCUT2D eigenvalue weighted by atomic mass is 10.3. The van der Waals surface area contributed by atoms with Crippen LogP contribution in [0.2, 0.25) is 0 Å². The predicted molar refractivity (Wildman–Crippen MR) is 65.3 cm³/mol. The van der Waals surface area contributed by atoms with Crippen LogP contribution in [0.15, 0.2) is 23.1 Å². The van der Waals surface area contributed by atoms with E-state index >= 15 is 0 Å². The number of nitrogens with two attached hydrogens (primary N) is 2. The van der Waals surface area contributed by atoms with Gasteiger partial charge < -0.3 is 20.9 Å². The first-order valence-electron chi connectivity index (χ1n) is 5.24. The first kappa shape index (κ1) is 12.1. The summed E-state index contributed by atoms with van der Waals surface area (Å²) in [4.78, 5) is 11.8. The van der Waals surface area contributed by atoms with Crippen LogP contribution < -0.4 is 20.9 Å². The van der Waals surface area contributed by atoms with Gasteiger partial charge in [0.1, 0.15) is 13.2 Å². The lowest BCUT2D eigenvalue weighted by Gasteiger charge is -2.18. The van der Waals surface area contributed by atoms with E-state index in [-0.39, 0.29) is 0 Å². The molecule has 1 unspecified atom stereocenters. The Kier molecular flexibility index (Phi) is 3.75. The molecule has 0 saturated heterocycles. The summed E-state index contributed by atoms with van der Waals surface area (Å²) in [6, 6.07) is 5.01. The Morgan fingerprint density at radius 2 is 2.06 bits per heavy atom. The second-order valence-electron chi connectivity index (χ2n) is 3.63. The van der Waals surface area contributed by atoms with Crippen molar-refractivity contribution in [1.82, 2.24) is 0 Å². The molecule has 0 radical (unpaired) electrons. The molecule has 0 fully saturated rings. The summed E-state index contributed by atoms with van der Waals surface area (Å²) >= 11 is 1.47. The highest BCUT2D eigenvalue weighted by Crippen LogP contribution is 2.34. The number of rotatable bonds is 4. The molecule has 1 heterocycles. The zero-order valence-corrected chi connectivity index (χ0v) is 10.0. The molecule has 1 aromatic rings. The van der Waals surface area contributed by atoms with Gasteiger partial charge in [0.2, 0.25) is 5.91 Å². The Hall–Kier alpha value is -1.40. The third kappa shape index (κ3) is 3.04. The second kappa shape index (κ2) is 5.29. The smallest absolute Gasteiger partial charge is 0.235 e. The Labute approximate surface area is 103 Å². The number of fused-ring (bicyclic) bond motifs is 1. The van der Waals surface area contributed by atoms with E-state index in [1.807, 2.05) is 18.2 Å². The monoisotopic (exact) mass is 254 g/mol. The van der Waals surface area contributed by atoms with Crippen molar-refractivity contribution in [1.29, 1.82) is 0 Å². The van der Waals surface area contributed by atoms with E-state index in [1.54, 1.807) is 0 Å². The summed E-state index contributed by atoms with van der Waals surface area (Å²) in [6.07, 6.45) is 0. The van der Waals surface area contributed by atoms with E-state index in [2.05, 4.69) is 0 Å². The largest absolute Gasteiger partial charge is 0.486 e. The fourth-order valence-electron chi connectivity index (χ4n) is 1.38. The average molecular weight is 254 g/mol. The molecule has 2 rings (SSSR count). The van der Waals surface area contributed by atoms with Gasteiger partial charge in [0.15, 0.2) is 11.5 Å². The van der Waals surface area contributed by atoms with Crippen LogP contribution in [0.4, 0.5) is 0 Å². The maximum atomic E-state index is 10.8. The number of hydrogen-bond donors (Lipinski definition) is 2. The molecule has 0 aliphatic carbocycles. The molecule has 1 aliphatic rings. The first-order valence-corrected chi connectivity index (χ1v) is 6.23. The van der Waals surface area contributed by atoms with E-state index < -0.39 is 11.9 Å². The minimum atomic E-state index is -0.631. The van der Waals surface area contributed by atoms with Crippen molar-refractivity contribution >= 4 is 17.7 Å². The summed E-state index contributed by atoms with van der Waals surface area (Å²) < 4.78 is 10.9. The molecule has 6 heteroatoms. The molecule has 92 valence electrons. The number of benzene rings is 1. The second-order valence-corrected chi connectivity index (χ2v) is 4.72. The Bertz CT molecular complexity index is 425. The van der Waals surface area contributed by atoms with Gasteiger partial charge in [0.25, 0.3) is 0 Å². The maximum absolute atomic E-state index is 10.8. The zero-order chi connectivity index (χ0) is 12.3. The third-order valence-electron chi connectivity index (χ3n) is 2.31.